The van der Waals surface area contributed by atoms with Gasteiger partial charge in [-0.1, -0.05) is 12.1 Å². The van der Waals surface area contributed by atoms with Gasteiger partial charge in [0.15, 0.2) is 5.96 Å². The van der Waals surface area contributed by atoms with Gasteiger partial charge in [-0.05, 0) is 30.5 Å². The number of ether oxygens (including phenoxy) is 2. The standard InChI is InChI=1S/C18H26N6O2/c1-19-18(21-8-2-9-26-17-7-10-25-12-17)22-11-15-3-5-16(6-4-15)24-14-20-13-23-24/h3-6,13-14,17H,2,7-12H2,1H3,(H2,19,21,22). The van der Waals surface area contributed by atoms with Crippen LogP contribution in [0.2, 0.25) is 0 Å². The van der Waals surface area contributed by atoms with E-state index >= 15 is 0 Å². The number of guanidine groups is 1. The summed E-state index contributed by atoms with van der Waals surface area (Å²) >= 11 is 0. The molecule has 2 N–H and O–H groups in total. The fraction of sp³-hybridized carbons (Fsp3) is 0.500. The maximum Gasteiger partial charge on any atom is 0.191 e. The molecule has 1 fully saturated rings. The van der Waals surface area contributed by atoms with Gasteiger partial charge in [-0.25, -0.2) is 9.67 Å². The predicted molar refractivity (Wildman–Crippen MR) is 99.4 cm³/mol. The molecule has 3 rings (SSSR count). The molecule has 1 aromatic carbocycles. The van der Waals surface area contributed by atoms with Gasteiger partial charge in [0.1, 0.15) is 12.7 Å². The number of nitrogens with zero attached hydrogens (tertiary/aromatic N) is 4. The van der Waals surface area contributed by atoms with E-state index in [1.165, 1.54) is 11.9 Å². The third-order valence-electron chi connectivity index (χ3n) is 4.16. The van der Waals surface area contributed by atoms with Crippen molar-refractivity contribution >= 4 is 5.96 Å². The van der Waals surface area contributed by atoms with Crippen molar-refractivity contribution in [2.24, 2.45) is 4.99 Å². The summed E-state index contributed by atoms with van der Waals surface area (Å²) in [6.07, 6.45) is 5.42. The van der Waals surface area contributed by atoms with E-state index in [0.717, 1.165) is 50.9 Å². The maximum absolute atomic E-state index is 5.75. The lowest BCUT2D eigenvalue weighted by atomic mass is 10.2. The molecule has 1 aliphatic heterocycles. The van der Waals surface area contributed by atoms with E-state index in [4.69, 9.17) is 9.47 Å². The van der Waals surface area contributed by atoms with Crippen molar-refractivity contribution in [3.05, 3.63) is 42.5 Å². The first-order chi connectivity index (χ1) is 12.8. The van der Waals surface area contributed by atoms with Gasteiger partial charge in [0.25, 0.3) is 0 Å². The Bertz CT molecular complexity index is 665. The summed E-state index contributed by atoms with van der Waals surface area (Å²) in [6, 6.07) is 8.17. The molecule has 1 atom stereocenters. The van der Waals surface area contributed by atoms with E-state index in [1.807, 2.05) is 12.1 Å². The average Bonchev–Trinajstić information content (AvgIpc) is 3.38. The second-order valence-corrected chi connectivity index (χ2v) is 6.07. The van der Waals surface area contributed by atoms with Crippen LogP contribution < -0.4 is 10.6 Å². The van der Waals surface area contributed by atoms with Crippen LogP contribution in [0.5, 0.6) is 0 Å². The van der Waals surface area contributed by atoms with Gasteiger partial charge < -0.3 is 20.1 Å². The quantitative estimate of drug-likeness (QED) is 0.418. The molecule has 1 unspecified atom stereocenters. The van der Waals surface area contributed by atoms with Crippen molar-refractivity contribution in [1.29, 1.82) is 0 Å². The summed E-state index contributed by atoms with van der Waals surface area (Å²) in [6.45, 7) is 3.80. The first-order valence-electron chi connectivity index (χ1n) is 8.93. The van der Waals surface area contributed by atoms with E-state index in [-0.39, 0.29) is 6.10 Å². The lowest BCUT2D eigenvalue weighted by Crippen LogP contribution is -2.37. The smallest absolute Gasteiger partial charge is 0.191 e. The third-order valence-corrected chi connectivity index (χ3v) is 4.16. The fourth-order valence-corrected chi connectivity index (χ4v) is 2.69. The van der Waals surface area contributed by atoms with E-state index in [9.17, 15) is 0 Å². The van der Waals surface area contributed by atoms with Gasteiger partial charge in [-0.2, -0.15) is 5.10 Å². The van der Waals surface area contributed by atoms with Gasteiger partial charge >= 0.3 is 0 Å². The molecule has 2 aromatic rings. The summed E-state index contributed by atoms with van der Waals surface area (Å²) in [4.78, 5) is 8.20. The fourth-order valence-electron chi connectivity index (χ4n) is 2.69. The third kappa shape index (κ3) is 5.53. The number of hydrogen-bond donors (Lipinski definition) is 2. The van der Waals surface area contributed by atoms with Crippen LogP contribution in [0.1, 0.15) is 18.4 Å². The average molecular weight is 358 g/mol. The highest BCUT2D eigenvalue weighted by Crippen LogP contribution is 2.08. The van der Waals surface area contributed by atoms with E-state index in [2.05, 4.69) is 37.8 Å². The molecule has 26 heavy (non-hydrogen) atoms. The van der Waals surface area contributed by atoms with Gasteiger partial charge in [0.2, 0.25) is 0 Å². The molecule has 8 heteroatoms. The molecule has 140 valence electrons. The van der Waals surface area contributed by atoms with Crippen LogP contribution in [0.25, 0.3) is 5.69 Å². The van der Waals surface area contributed by atoms with Gasteiger partial charge in [-0.3, -0.25) is 4.99 Å². The second kappa shape index (κ2) is 9.88. The minimum Gasteiger partial charge on any atom is -0.379 e. The Labute approximate surface area is 153 Å². The summed E-state index contributed by atoms with van der Waals surface area (Å²) in [7, 11) is 1.77. The van der Waals surface area contributed by atoms with Crippen molar-refractivity contribution in [2.75, 3.05) is 33.4 Å². The number of nitrogens with one attached hydrogen (secondary N) is 2. The zero-order chi connectivity index (χ0) is 18.0. The highest BCUT2D eigenvalue weighted by atomic mass is 16.5. The largest absolute Gasteiger partial charge is 0.379 e. The van der Waals surface area contributed by atoms with Gasteiger partial charge in [0.05, 0.1) is 18.4 Å². The molecule has 1 saturated heterocycles. The molecular weight excluding hydrogens is 332 g/mol. The Hall–Kier alpha value is -2.45. The first kappa shape index (κ1) is 18.3. The van der Waals surface area contributed by atoms with Gasteiger partial charge in [0, 0.05) is 33.4 Å². The summed E-state index contributed by atoms with van der Waals surface area (Å²) < 4.78 is 12.8. The number of aromatic nitrogens is 3. The summed E-state index contributed by atoms with van der Waals surface area (Å²) in [5.74, 6) is 0.787. The number of aliphatic imine (C=N–C) groups is 1. The van der Waals surface area contributed by atoms with Crippen LogP contribution in [0, 0.1) is 0 Å². The summed E-state index contributed by atoms with van der Waals surface area (Å²) in [5, 5.41) is 10.7. The zero-order valence-electron chi connectivity index (χ0n) is 15.1. The Morgan fingerprint density at radius 3 is 2.92 bits per heavy atom. The molecular formula is C18H26N6O2. The van der Waals surface area contributed by atoms with Crippen molar-refractivity contribution in [3.8, 4) is 5.69 Å². The highest BCUT2D eigenvalue weighted by molar-refractivity contribution is 5.79. The molecule has 1 aliphatic rings. The Morgan fingerprint density at radius 2 is 2.23 bits per heavy atom. The minimum absolute atomic E-state index is 0.271. The molecule has 0 spiro atoms. The van der Waals surface area contributed by atoms with E-state index in [0.29, 0.717) is 6.54 Å². The molecule has 0 saturated carbocycles. The van der Waals surface area contributed by atoms with Crippen LogP contribution in [0.4, 0.5) is 0 Å². The molecule has 0 aliphatic carbocycles. The van der Waals surface area contributed by atoms with Crippen molar-refractivity contribution < 1.29 is 9.47 Å². The number of rotatable bonds is 8. The zero-order valence-corrected chi connectivity index (χ0v) is 15.1. The van der Waals surface area contributed by atoms with Crippen LogP contribution in [-0.2, 0) is 16.0 Å². The van der Waals surface area contributed by atoms with Crippen molar-refractivity contribution in [2.45, 2.75) is 25.5 Å². The van der Waals surface area contributed by atoms with E-state index < -0.39 is 0 Å². The molecule has 0 amide bonds. The number of benzene rings is 1. The maximum atomic E-state index is 5.75. The molecule has 8 nitrogen and oxygen atoms in total. The van der Waals surface area contributed by atoms with Gasteiger partial charge in [-0.15, -0.1) is 0 Å². The monoisotopic (exact) mass is 358 g/mol. The summed E-state index contributed by atoms with van der Waals surface area (Å²) in [5.41, 5.74) is 2.16. The molecule has 1 aromatic heterocycles. The second-order valence-electron chi connectivity index (χ2n) is 6.07. The molecule has 0 radical (unpaired) electrons. The van der Waals surface area contributed by atoms with Crippen LogP contribution >= 0.6 is 0 Å². The minimum atomic E-state index is 0.271. The van der Waals surface area contributed by atoms with Crippen LogP contribution in [0.3, 0.4) is 0 Å². The lowest BCUT2D eigenvalue weighted by molar-refractivity contribution is 0.0420. The van der Waals surface area contributed by atoms with E-state index in [1.54, 1.807) is 18.1 Å². The Morgan fingerprint density at radius 1 is 1.35 bits per heavy atom. The molecule has 0 bridgehead atoms. The lowest BCUT2D eigenvalue weighted by Gasteiger charge is -2.13. The first-order valence-corrected chi connectivity index (χ1v) is 8.93. The topological polar surface area (TPSA) is 85.6 Å². The van der Waals surface area contributed by atoms with Crippen LogP contribution in [-0.4, -0.2) is 60.2 Å². The van der Waals surface area contributed by atoms with Crippen molar-refractivity contribution in [3.63, 3.8) is 0 Å². The SMILES string of the molecule is CN=C(NCCCOC1CCOC1)NCc1ccc(-n2cncn2)cc1. The Kier molecular flexibility index (Phi) is 6.97. The van der Waals surface area contributed by atoms with Crippen molar-refractivity contribution in [1.82, 2.24) is 25.4 Å². The molecule has 2 heterocycles. The predicted octanol–water partition coefficient (Wildman–Crippen LogP) is 1.13. The Balaban J connectivity index is 1.34. The number of hydrogen-bond acceptors (Lipinski definition) is 5. The van der Waals surface area contributed by atoms with Crippen LogP contribution in [0.15, 0.2) is 41.9 Å². The highest BCUT2D eigenvalue weighted by Gasteiger charge is 2.15. The normalized spacial score (nSPS) is 17.4.